The Bertz CT molecular complexity index is 746. The molecular weight excluding hydrogens is 372 g/mol. The van der Waals surface area contributed by atoms with Gasteiger partial charge in [0.15, 0.2) is 0 Å². The highest BCUT2D eigenvalue weighted by Gasteiger charge is 2.27. The lowest BCUT2D eigenvalue weighted by atomic mass is 10.1. The van der Waals surface area contributed by atoms with E-state index in [0.29, 0.717) is 50.3 Å². The van der Waals surface area contributed by atoms with Crippen LogP contribution in [0.4, 0.5) is 0 Å². The molecule has 0 unspecified atom stereocenters. The number of carbonyl (C=O) groups is 3. The lowest BCUT2D eigenvalue weighted by Gasteiger charge is -2.26. The molecule has 2 heterocycles. The zero-order valence-electron chi connectivity index (χ0n) is 17.0. The summed E-state index contributed by atoms with van der Waals surface area (Å²) in [6.07, 6.45) is 2.74. The number of fused-ring (bicyclic) bond motifs is 1. The Kier molecular flexibility index (Phi) is 7.46. The molecule has 0 spiro atoms. The maximum Gasteiger partial charge on any atom is 0.255 e. The van der Waals surface area contributed by atoms with Gasteiger partial charge in [-0.2, -0.15) is 0 Å². The van der Waals surface area contributed by atoms with Gasteiger partial charge in [-0.15, -0.1) is 0 Å². The molecule has 1 fully saturated rings. The summed E-state index contributed by atoms with van der Waals surface area (Å²) in [7, 11) is 0. The number of hydrogen-bond acceptors (Lipinski definition) is 5. The summed E-state index contributed by atoms with van der Waals surface area (Å²) < 4.78 is 5.72. The molecule has 0 bridgehead atoms. The molecule has 3 N–H and O–H groups in total. The van der Waals surface area contributed by atoms with E-state index in [-0.39, 0.29) is 30.4 Å². The van der Waals surface area contributed by atoms with Crippen molar-refractivity contribution in [2.24, 2.45) is 0 Å². The Labute approximate surface area is 171 Å². The molecular formula is C21H30N4O4. The number of amides is 3. The molecule has 8 heteroatoms. The number of benzene rings is 1. The number of nitrogens with one attached hydrogen (secondary N) is 3. The molecule has 0 radical (unpaired) electrons. The van der Waals surface area contributed by atoms with E-state index in [0.717, 1.165) is 24.9 Å². The van der Waals surface area contributed by atoms with Crippen molar-refractivity contribution >= 4 is 17.7 Å². The molecule has 2 aliphatic heterocycles. The first kappa shape index (κ1) is 21.1. The van der Waals surface area contributed by atoms with Crippen LogP contribution < -0.4 is 20.7 Å². The monoisotopic (exact) mass is 402 g/mol. The largest absolute Gasteiger partial charge is 0.491 e. The van der Waals surface area contributed by atoms with Crippen molar-refractivity contribution in [3.8, 4) is 5.75 Å². The Morgan fingerprint density at radius 2 is 1.97 bits per heavy atom. The first-order valence-corrected chi connectivity index (χ1v) is 10.3. The van der Waals surface area contributed by atoms with Crippen LogP contribution in [0.15, 0.2) is 18.2 Å². The summed E-state index contributed by atoms with van der Waals surface area (Å²) >= 11 is 0. The number of aryl methyl sites for hydroxylation is 1. The summed E-state index contributed by atoms with van der Waals surface area (Å²) in [5.74, 6) is 0.239. The second-order valence-corrected chi connectivity index (χ2v) is 7.53. The molecule has 1 atom stereocenters. The number of carbonyl (C=O) groups excluding carboxylic acids is 3. The fourth-order valence-corrected chi connectivity index (χ4v) is 3.66. The maximum atomic E-state index is 12.8. The third kappa shape index (κ3) is 5.93. The first-order chi connectivity index (χ1) is 14.0. The zero-order chi connectivity index (χ0) is 20.6. The molecule has 8 nitrogen and oxygen atoms in total. The van der Waals surface area contributed by atoms with Crippen LogP contribution in [-0.4, -0.2) is 68.0 Å². The third-order valence-corrected chi connectivity index (χ3v) is 5.23. The van der Waals surface area contributed by atoms with Crippen LogP contribution in [0.3, 0.4) is 0 Å². The summed E-state index contributed by atoms with van der Waals surface area (Å²) in [6, 6.07) is 5.27. The Morgan fingerprint density at radius 3 is 2.76 bits per heavy atom. The van der Waals surface area contributed by atoms with E-state index in [1.807, 2.05) is 13.0 Å². The highest BCUT2D eigenvalue weighted by atomic mass is 16.5. The molecule has 1 saturated heterocycles. The van der Waals surface area contributed by atoms with Crippen LogP contribution in [0.5, 0.6) is 5.75 Å². The molecule has 3 rings (SSSR count). The van der Waals surface area contributed by atoms with Crippen molar-refractivity contribution in [2.75, 3.05) is 39.3 Å². The molecule has 158 valence electrons. The second kappa shape index (κ2) is 10.2. The lowest BCUT2D eigenvalue weighted by molar-refractivity contribution is -0.133. The van der Waals surface area contributed by atoms with Crippen molar-refractivity contribution < 1.29 is 19.1 Å². The minimum absolute atomic E-state index is 0.0426. The summed E-state index contributed by atoms with van der Waals surface area (Å²) in [6.45, 7) is 4.66. The second-order valence-electron chi connectivity index (χ2n) is 7.53. The fraction of sp³-hybridized carbons (Fsp3) is 0.571. The van der Waals surface area contributed by atoms with E-state index < -0.39 is 0 Å². The minimum atomic E-state index is -0.228. The van der Waals surface area contributed by atoms with Gasteiger partial charge < -0.3 is 25.6 Å². The zero-order valence-corrected chi connectivity index (χ0v) is 17.0. The van der Waals surface area contributed by atoms with Gasteiger partial charge in [0, 0.05) is 26.1 Å². The summed E-state index contributed by atoms with van der Waals surface area (Å²) in [4.78, 5) is 39.3. The first-order valence-electron chi connectivity index (χ1n) is 10.3. The van der Waals surface area contributed by atoms with E-state index in [1.54, 1.807) is 17.0 Å². The van der Waals surface area contributed by atoms with Gasteiger partial charge in [0.1, 0.15) is 12.4 Å². The summed E-state index contributed by atoms with van der Waals surface area (Å²) in [5.41, 5.74) is 1.42. The van der Waals surface area contributed by atoms with Gasteiger partial charge >= 0.3 is 0 Å². The predicted octanol–water partition coefficient (Wildman–Crippen LogP) is 0.594. The summed E-state index contributed by atoms with van der Waals surface area (Å²) in [5, 5.41) is 8.96. The van der Waals surface area contributed by atoms with Gasteiger partial charge in [0.2, 0.25) is 11.8 Å². The number of nitrogens with zero attached hydrogens (tertiary/aromatic N) is 1. The van der Waals surface area contributed by atoms with Crippen LogP contribution in [-0.2, 0) is 9.59 Å². The molecule has 2 aliphatic rings. The molecule has 1 aromatic carbocycles. The molecule has 29 heavy (non-hydrogen) atoms. The van der Waals surface area contributed by atoms with Gasteiger partial charge in [-0.25, -0.2) is 0 Å². The number of ether oxygens (including phenoxy) is 1. The molecule has 0 saturated carbocycles. The molecule has 1 aromatic rings. The average molecular weight is 402 g/mol. The van der Waals surface area contributed by atoms with E-state index in [1.165, 1.54) is 0 Å². The Hall–Kier alpha value is -2.61. The topological polar surface area (TPSA) is 99.8 Å². The van der Waals surface area contributed by atoms with Crippen molar-refractivity contribution in [2.45, 2.75) is 38.6 Å². The van der Waals surface area contributed by atoms with E-state index in [4.69, 9.17) is 4.74 Å². The van der Waals surface area contributed by atoms with Crippen LogP contribution in [0.2, 0.25) is 0 Å². The van der Waals surface area contributed by atoms with Gasteiger partial charge in [-0.1, -0.05) is 11.6 Å². The molecule has 0 aromatic heterocycles. The predicted molar refractivity (Wildman–Crippen MR) is 109 cm³/mol. The van der Waals surface area contributed by atoms with Gasteiger partial charge in [0.05, 0.1) is 18.2 Å². The number of rotatable bonds is 1. The van der Waals surface area contributed by atoms with Gasteiger partial charge in [-0.3, -0.25) is 14.4 Å². The highest BCUT2D eigenvalue weighted by molar-refractivity contribution is 5.97. The van der Waals surface area contributed by atoms with Crippen molar-refractivity contribution in [1.29, 1.82) is 0 Å². The number of hydrogen-bond donors (Lipinski definition) is 3. The van der Waals surface area contributed by atoms with Gasteiger partial charge in [0.25, 0.3) is 5.91 Å². The minimum Gasteiger partial charge on any atom is -0.491 e. The third-order valence-electron chi connectivity index (χ3n) is 5.23. The van der Waals surface area contributed by atoms with Crippen molar-refractivity contribution in [1.82, 2.24) is 20.9 Å². The van der Waals surface area contributed by atoms with Crippen LogP contribution >= 0.6 is 0 Å². The molecule has 0 aliphatic carbocycles. The maximum absolute atomic E-state index is 12.8. The Morgan fingerprint density at radius 1 is 1.10 bits per heavy atom. The highest BCUT2D eigenvalue weighted by Crippen LogP contribution is 2.20. The van der Waals surface area contributed by atoms with E-state index >= 15 is 0 Å². The quantitative estimate of drug-likeness (QED) is 0.639. The van der Waals surface area contributed by atoms with E-state index in [9.17, 15) is 14.4 Å². The SMILES string of the molecule is Cc1ccc2c(c1)C(=O)NCCN(C(=O)[C@@H]1CCCN1)CCCC(=O)NCCO2. The lowest BCUT2D eigenvalue weighted by Crippen LogP contribution is -2.47. The van der Waals surface area contributed by atoms with Crippen molar-refractivity contribution in [3.05, 3.63) is 29.3 Å². The Balaban J connectivity index is 1.72. The van der Waals surface area contributed by atoms with Crippen LogP contribution in [0, 0.1) is 6.92 Å². The van der Waals surface area contributed by atoms with E-state index in [2.05, 4.69) is 16.0 Å². The van der Waals surface area contributed by atoms with Crippen molar-refractivity contribution in [3.63, 3.8) is 0 Å². The standard InChI is InChI=1S/C21H30N4O4/c1-15-6-7-18-16(14-15)20(27)24-9-12-25(21(28)17-4-2-8-22-17)11-3-5-19(26)23-10-13-29-18/h6-7,14,17,22H,2-5,8-13H2,1H3,(H,23,26)(H,24,27)/t17-/m0/s1. The van der Waals surface area contributed by atoms with Gasteiger partial charge in [-0.05, 0) is 44.9 Å². The normalized spacial score (nSPS) is 21.8. The smallest absolute Gasteiger partial charge is 0.255 e. The average Bonchev–Trinajstić information content (AvgIpc) is 3.24. The fourth-order valence-electron chi connectivity index (χ4n) is 3.66. The van der Waals surface area contributed by atoms with Crippen LogP contribution in [0.1, 0.15) is 41.6 Å². The molecule has 3 amide bonds. The van der Waals surface area contributed by atoms with Crippen LogP contribution in [0.25, 0.3) is 0 Å².